The molecule has 0 heterocycles. The van der Waals surface area contributed by atoms with Crippen LogP contribution in [-0.4, -0.2) is 36.4 Å². The van der Waals surface area contributed by atoms with Crippen molar-refractivity contribution in [2.45, 2.75) is 174 Å². The van der Waals surface area contributed by atoms with E-state index in [1.807, 2.05) is 0 Å². The van der Waals surface area contributed by atoms with E-state index in [-0.39, 0.29) is 25.2 Å². The molecule has 1 atom stereocenters. The zero-order chi connectivity index (χ0) is 32.2. The number of allylic oxidation sites excluding steroid dienone is 8. The third kappa shape index (κ3) is 32.8. The van der Waals surface area contributed by atoms with Crippen molar-refractivity contribution in [1.82, 2.24) is 0 Å². The van der Waals surface area contributed by atoms with Crippen LogP contribution in [0, 0.1) is 0 Å². The molecule has 0 rings (SSSR count). The van der Waals surface area contributed by atoms with Crippen LogP contribution in [0.15, 0.2) is 48.6 Å². The van der Waals surface area contributed by atoms with Gasteiger partial charge >= 0.3 is 11.9 Å². The van der Waals surface area contributed by atoms with Crippen molar-refractivity contribution in [3.8, 4) is 0 Å². The first-order valence-corrected chi connectivity index (χ1v) is 18.2. The quantitative estimate of drug-likeness (QED) is 0.0462. The summed E-state index contributed by atoms with van der Waals surface area (Å²) >= 11 is 0. The molecule has 1 N–H and O–H groups in total. The second-order valence-electron chi connectivity index (χ2n) is 12.0. The fourth-order valence-corrected chi connectivity index (χ4v) is 4.84. The van der Waals surface area contributed by atoms with Gasteiger partial charge in [0.15, 0.2) is 6.10 Å². The third-order valence-electron chi connectivity index (χ3n) is 7.63. The molecule has 0 spiro atoms. The number of unbranched alkanes of at least 4 members (excludes halogenated alkanes) is 16. The van der Waals surface area contributed by atoms with Crippen molar-refractivity contribution >= 4 is 11.9 Å². The molecule has 0 saturated carbocycles. The molecule has 0 fully saturated rings. The van der Waals surface area contributed by atoms with Crippen molar-refractivity contribution < 1.29 is 24.2 Å². The molecule has 0 saturated heterocycles. The number of hydrogen-bond acceptors (Lipinski definition) is 5. The maximum absolute atomic E-state index is 12.0. The van der Waals surface area contributed by atoms with E-state index in [1.165, 1.54) is 89.9 Å². The Balaban J connectivity index is 3.68. The number of ether oxygens (including phenoxy) is 2. The third-order valence-corrected chi connectivity index (χ3v) is 7.63. The number of hydrogen-bond donors (Lipinski definition) is 1. The molecule has 0 radical (unpaired) electrons. The van der Waals surface area contributed by atoms with Crippen LogP contribution in [0.1, 0.15) is 168 Å². The van der Waals surface area contributed by atoms with E-state index >= 15 is 0 Å². The van der Waals surface area contributed by atoms with E-state index in [0.717, 1.165) is 44.9 Å². The lowest BCUT2D eigenvalue weighted by molar-refractivity contribution is -0.161. The highest BCUT2D eigenvalue weighted by atomic mass is 16.6. The number of aliphatic hydroxyl groups is 1. The second kappa shape index (κ2) is 35.3. The van der Waals surface area contributed by atoms with Gasteiger partial charge in [-0.25, -0.2) is 0 Å². The summed E-state index contributed by atoms with van der Waals surface area (Å²) in [4.78, 5) is 24.1. The lowest BCUT2D eigenvalue weighted by atomic mass is 10.1. The molecule has 0 unspecified atom stereocenters. The van der Waals surface area contributed by atoms with Gasteiger partial charge in [-0.05, 0) is 51.4 Å². The van der Waals surface area contributed by atoms with Crippen LogP contribution in [0.3, 0.4) is 0 Å². The monoisotopic (exact) mass is 617 g/mol. The van der Waals surface area contributed by atoms with Gasteiger partial charge in [-0.15, -0.1) is 0 Å². The van der Waals surface area contributed by atoms with E-state index in [4.69, 9.17) is 9.47 Å². The topological polar surface area (TPSA) is 72.8 Å². The smallest absolute Gasteiger partial charge is 0.306 e. The molecule has 0 aliphatic heterocycles. The van der Waals surface area contributed by atoms with Gasteiger partial charge in [0, 0.05) is 12.8 Å². The molecule has 5 heteroatoms. The van der Waals surface area contributed by atoms with Crippen LogP contribution < -0.4 is 0 Å². The highest BCUT2D eigenvalue weighted by molar-refractivity contribution is 5.70. The highest BCUT2D eigenvalue weighted by Crippen LogP contribution is 2.12. The molecule has 5 nitrogen and oxygen atoms in total. The fraction of sp³-hybridized carbons (Fsp3) is 0.744. The molecule has 254 valence electrons. The summed E-state index contributed by atoms with van der Waals surface area (Å²) < 4.78 is 10.5. The Kier molecular flexibility index (Phi) is 33.6. The summed E-state index contributed by atoms with van der Waals surface area (Å²) in [5, 5.41) is 9.48. The summed E-state index contributed by atoms with van der Waals surface area (Å²) in [7, 11) is 0. The van der Waals surface area contributed by atoms with Crippen molar-refractivity contribution in [2.75, 3.05) is 13.2 Å². The molecule has 0 bridgehead atoms. The lowest BCUT2D eigenvalue weighted by Gasteiger charge is -2.15. The molecular formula is C39H68O5. The van der Waals surface area contributed by atoms with Crippen LogP contribution >= 0.6 is 0 Å². The minimum absolute atomic E-state index is 0.0938. The molecule has 0 aromatic rings. The first-order valence-electron chi connectivity index (χ1n) is 18.2. The molecule has 0 aliphatic rings. The van der Waals surface area contributed by atoms with E-state index in [1.54, 1.807) is 0 Å². The van der Waals surface area contributed by atoms with Gasteiger partial charge in [0.05, 0.1) is 6.61 Å². The average molecular weight is 617 g/mol. The Morgan fingerprint density at radius 3 is 1.43 bits per heavy atom. The van der Waals surface area contributed by atoms with Crippen LogP contribution in [0.2, 0.25) is 0 Å². The van der Waals surface area contributed by atoms with Gasteiger partial charge in [0.2, 0.25) is 0 Å². The van der Waals surface area contributed by atoms with E-state index in [9.17, 15) is 14.7 Å². The zero-order valence-electron chi connectivity index (χ0n) is 28.7. The predicted octanol–water partition coefficient (Wildman–Crippen LogP) is 11.1. The van der Waals surface area contributed by atoms with E-state index in [0.29, 0.717) is 19.3 Å². The van der Waals surface area contributed by atoms with Crippen molar-refractivity contribution in [2.24, 2.45) is 0 Å². The Labute approximate surface area is 271 Å². The lowest BCUT2D eigenvalue weighted by Crippen LogP contribution is -2.28. The Morgan fingerprint density at radius 2 is 0.932 bits per heavy atom. The first-order chi connectivity index (χ1) is 21.6. The maximum atomic E-state index is 12.0. The number of rotatable bonds is 32. The van der Waals surface area contributed by atoms with Crippen molar-refractivity contribution in [1.29, 1.82) is 0 Å². The van der Waals surface area contributed by atoms with E-state index < -0.39 is 6.10 Å². The fourth-order valence-electron chi connectivity index (χ4n) is 4.84. The minimum Gasteiger partial charge on any atom is -0.462 e. The highest BCUT2D eigenvalue weighted by Gasteiger charge is 2.16. The zero-order valence-corrected chi connectivity index (χ0v) is 28.7. The molecular weight excluding hydrogens is 548 g/mol. The summed E-state index contributed by atoms with van der Waals surface area (Å²) in [6.45, 7) is 4.05. The second-order valence-corrected chi connectivity index (χ2v) is 12.0. The molecule has 0 aliphatic carbocycles. The summed E-state index contributed by atoms with van der Waals surface area (Å²) in [6, 6.07) is 0. The standard InChI is InChI=1S/C39H68O5/c1-3-5-7-9-11-13-14-15-16-17-18-19-20-21-22-23-24-26-27-29-31-33-38(41)43-36-37(35-40)44-39(42)34-32-30-28-25-12-10-8-6-4-2/h16-17,19-20,22-23,26-27,37,40H,3-15,18,21,24-25,28-36H2,1-2H3/b17-16+,20-19+,23-22+,27-26+/t37-/m0/s1. The molecule has 0 aromatic carbocycles. The Bertz CT molecular complexity index is 752. The number of esters is 2. The number of carbonyl (C=O) groups is 2. The summed E-state index contributed by atoms with van der Waals surface area (Å²) in [6.07, 6.45) is 43.2. The van der Waals surface area contributed by atoms with Crippen molar-refractivity contribution in [3.05, 3.63) is 48.6 Å². The van der Waals surface area contributed by atoms with Gasteiger partial charge in [-0.2, -0.15) is 0 Å². The molecule has 0 amide bonds. The van der Waals surface area contributed by atoms with Gasteiger partial charge in [-0.3, -0.25) is 9.59 Å². The maximum Gasteiger partial charge on any atom is 0.306 e. The molecule has 0 aromatic heterocycles. The predicted molar refractivity (Wildman–Crippen MR) is 187 cm³/mol. The number of aliphatic hydroxyl groups excluding tert-OH is 1. The number of carbonyl (C=O) groups excluding carboxylic acids is 2. The van der Waals surface area contributed by atoms with Gasteiger partial charge in [0.1, 0.15) is 6.61 Å². The summed E-state index contributed by atoms with van der Waals surface area (Å²) in [5.41, 5.74) is 0. The Hall–Kier alpha value is -2.14. The average Bonchev–Trinajstić information content (AvgIpc) is 3.02. The van der Waals surface area contributed by atoms with Crippen LogP contribution in [0.25, 0.3) is 0 Å². The van der Waals surface area contributed by atoms with Crippen LogP contribution in [0.4, 0.5) is 0 Å². The molecule has 44 heavy (non-hydrogen) atoms. The summed E-state index contributed by atoms with van der Waals surface area (Å²) in [5.74, 6) is -0.661. The first kappa shape index (κ1) is 41.9. The minimum atomic E-state index is -0.789. The SMILES string of the molecule is CCCCCCCCC/C=C/C/C=C/C/C=C/C/C=C/CCCC(=O)OC[C@H](CO)OC(=O)CCCCCCCCCCC. The Morgan fingerprint density at radius 1 is 0.523 bits per heavy atom. The van der Waals surface area contributed by atoms with E-state index in [2.05, 4.69) is 62.5 Å². The van der Waals surface area contributed by atoms with Gasteiger partial charge < -0.3 is 14.6 Å². The van der Waals surface area contributed by atoms with Gasteiger partial charge in [-0.1, -0.05) is 152 Å². The van der Waals surface area contributed by atoms with Crippen LogP contribution in [-0.2, 0) is 19.1 Å². The normalized spacial score (nSPS) is 12.7. The largest absolute Gasteiger partial charge is 0.462 e. The van der Waals surface area contributed by atoms with Crippen LogP contribution in [0.5, 0.6) is 0 Å². The van der Waals surface area contributed by atoms with Gasteiger partial charge in [0.25, 0.3) is 0 Å². The van der Waals surface area contributed by atoms with Crippen molar-refractivity contribution in [3.63, 3.8) is 0 Å².